The van der Waals surface area contributed by atoms with Gasteiger partial charge in [0.25, 0.3) is 5.56 Å². The van der Waals surface area contributed by atoms with Crippen LogP contribution in [0, 0.1) is 13.8 Å². The van der Waals surface area contributed by atoms with Gasteiger partial charge < -0.3 is 9.80 Å². The number of nitrogens with zero attached hydrogens (tertiary/aromatic N) is 4. The number of aryl methyl sites for hydroxylation is 2. The summed E-state index contributed by atoms with van der Waals surface area (Å²) in [5, 5.41) is 8.04. The zero-order valence-corrected chi connectivity index (χ0v) is 15.2. The van der Waals surface area contributed by atoms with Crippen molar-refractivity contribution in [3.05, 3.63) is 45.9 Å². The van der Waals surface area contributed by atoms with Crippen molar-refractivity contribution in [1.29, 1.82) is 0 Å². The molecule has 1 aliphatic rings. The lowest BCUT2D eigenvalue weighted by molar-refractivity contribution is -0.128. The summed E-state index contributed by atoms with van der Waals surface area (Å²) < 4.78 is 0. The number of piperazine rings is 1. The first-order valence-corrected chi connectivity index (χ1v) is 9.17. The number of H-pyrrole nitrogens is 1. The molecule has 0 unspecified atom stereocenters. The molecule has 8 heteroatoms. The van der Waals surface area contributed by atoms with Gasteiger partial charge in [-0.05, 0) is 26.0 Å². The second kappa shape index (κ2) is 7.69. The van der Waals surface area contributed by atoms with E-state index < -0.39 is 0 Å². The van der Waals surface area contributed by atoms with E-state index in [9.17, 15) is 9.59 Å². The Morgan fingerprint density at radius 3 is 2.44 bits per heavy atom. The van der Waals surface area contributed by atoms with Gasteiger partial charge in [0, 0.05) is 31.9 Å². The van der Waals surface area contributed by atoms with E-state index >= 15 is 0 Å². The standard InChI is InChI=1S/C17H21N5O2S/c1-12-3-5-14(6-4-12)21-7-9-22(10-8-21)15(23)11-25-17-18-16(24)13(2)19-20-17/h3-6H,7-11H2,1-2H3,(H,18,20,24). The van der Waals surface area contributed by atoms with Crippen LogP contribution in [-0.4, -0.2) is 57.9 Å². The fraction of sp³-hybridized carbons (Fsp3) is 0.412. The van der Waals surface area contributed by atoms with E-state index in [0.717, 1.165) is 13.1 Å². The summed E-state index contributed by atoms with van der Waals surface area (Å²) >= 11 is 1.21. The first-order chi connectivity index (χ1) is 12.0. The van der Waals surface area contributed by atoms with Crippen molar-refractivity contribution < 1.29 is 4.79 Å². The summed E-state index contributed by atoms with van der Waals surface area (Å²) in [6, 6.07) is 8.45. The highest BCUT2D eigenvalue weighted by Gasteiger charge is 2.21. The lowest BCUT2D eigenvalue weighted by atomic mass is 10.2. The fourth-order valence-corrected chi connectivity index (χ4v) is 3.34. The van der Waals surface area contributed by atoms with Crippen LogP contribution in [0.15, 0.2) is 34.2 Å². The fourth-order valence-electron chi connectivity index (χ4n) is 2.63. The summed E-state index contributed by atoms with van der Waals surface area (Å²) in [5.41, 5.74) is 2.49. The van der Waals surface area contributed by atoms with Crippen molar-refractivity contribution in [2.75, 3.05) is 36.8 Å². The molecule has 0 atom stereocenters. The number of hydrogen-bond acceptors (Lipinski definition) is 6. The number of thioether (sulfide) groups is 1. The van der Waals surface area contributed by atoms with Crippen LogP contribution in [0.1, 0.15) is 11.3 Å². The molecule has 25 heavy (non-hydrogen) atoms. The number of nitrogens with one attached hydrogen (secondary N) is 1. The minimum atomic E-state index is -0.267. The van der Waals surface area contributed by atoms with Crippen LogP contribution in [0.25, 0.3) is 0 Å². The van der Waals surface area contributed by atoms with Gasteiger partial charge in [0.15, 0.2) is 5.16 Å². The van der Waals surface area contributed by atoms with Gasteiger partial charge in [-0.3, -0.25) is 14.6 Å². The maximum absolute atomic E-state index is 12.4. The summed E-state index contributed by atoms with van der Waals surface area (Å²) in [5.74, 6) is 0.301. The molecule has 7 nitrogen and oxygen atoms in total. The van der Waals surface area contributed by atoms with Gasteiger partial charge in [-0.15, -0.1) is 10.2 Å². The minimum Gasteiger partial charge on any atom is -0.368 e. The van der Waals surface area contributed by atoms with Gasteiger partial charge in [0.1, 0.15) is 5.69 Å². The predicted molar refractivity (Wildman–Crippen MR) is 98.1 cm³/mol. The Hall–Kier alpha value is -2.35. The Morgan fingerprint density at radius 2 is 1.80 bits per heavy atom. The van der Waals surface area contributed by atoms with E-state index in [4.69, 9.17) is 0 Å². The number of carbonyl (C=O) groups is 1. The molecular formula is C17H21N5O2S. The summed E-state index contributed by atoms with van der Waals surface area (Å²) in [6.45, 7) is 6.71. The molecular weight excluding hydrogens is 338 g/mol. The number of rotatable bonds is 4. The third-order valence-electron chi connectivity index (χ3n) is 4.20. The monoisotopic (exact) mass is 359 g/mol. The molecule has 1 saturated heterocycles. The average molecular weight is 359 g/mol. The summed E-state index contributed by atoms with van der Waals surface area (Å²) in [6.07, 6.45) is 0. The molecule has 132 valence electrons. The number of aromatic amines is 1. The number of hydrogen-bond donors (Lipinski definition) is 1. The third kappa shape index (κ3) is 4.39. The second-order valence-electron chi connectivity index (χ2n) is 6.04. The van der Waals surface area contributed by atoms with Crippen LogP contribution >= 0.6 is 11.8 Å². The van der Waals surface area contributed by atoms with Crippen LogP contribution < -0.4 is 10.5 Å². The number of benzene rings is 1. The normalized spacial score (nSPS) is 14.6. The highest BCUT2D eigenvalue weighted by atomic mass is 32.2. The lowest BCUT2D eigenvalue weighted by Crippen LogP contribution is -2.49. The van der Waals surface area contributed by atoms with Crippen molar-refractivity contribution in [2.45, 2.75) is 19.0 Å². The zero-order chi connectivity index (χ0) is 17.8. The van der Waals surface area contributed by atoms with Crippen LogP contribution in [0.3, 0.4) is 0 Å². The van der Waals surface area contributed by atoms with E-state index in [1.54, 1.807) is 6.92 Å². The van der Waals surface area contributed by atoms with Crippen LogP contribution in [0.5, 0.6) is 0 Å². The molecule has 0 bridgehead atoms. The molecule has 1 N–H and O–H groups in total. The van der Waals surface area contributed by atoms with Crippen molar-refractivity contribution >= 4 is 23.4 Å². The highest BCUT2D eigenvalue weighted by Crippen LogP contribution is 2.18. The summed E-state index contributed by atoms with van der Waals surface area (Å²) in [7, 11) is 0. The smallest absolute Gasteiger partial charge is 0.273 e. The topological polar surface area (TPSA) is 82.2 Å². The Balaban J connectivity index is 1.50. The molecule has 2 aromatic rings. The van der Waals surface area contributed by atoms with E-state index in [2.05, 4.69) is 51.3 Å². The lowest BCUT2D eigenvalue weighted by Gasteiger charge is -2.36. The molecule has 1 aliphatic heterocycles. The van der Waals surface area contributed by atoms with Crippen LogP contribution in [0.2, 0.25) is 0 Å². The minimum absolute atomic E-state index is 0.0526. The molecule has 1 aromatic carbocycles. The average Bonchev–Trinajstić information content (AvgIpc) is 2.63. The van der Waals surface area contributed by atoms with Gasteiger partial charge in [-0.2, -0.15) is 0 Å². The van der Waals surface area contributed by atoms with E-state index in [1.165, 1.54) is 23.0 Å². The largest absolute Gasteiger partial charge is 0.368 e. The zero-order valence-electron chi connectivity index (χ0n) is 14.4. The van der Waals surface area contributed by atoms with Gasteiger partial charge >= 0.3 is 0 Å². The molecule has 0 spiro atoms. The van der Waals surface area contributed by atoms with Crippen LogP contribution in [0.4, 0.5) is 5.69 Å². The van der Waals surface area contributed by atoms with Crippen LogP contribution in [-0.2, 0) is 4.79 Å². The predicted octanol–water partition coefficient (Wildman–Crippen LogP) is 1.22. The maximum Gasteiger partial charge on any atom is 0.273 e. The van der Waals surface area contributed by atoms with Crippen molar-refractivity contribution in [3.63, 3.8) is 0 Å². The van der Waals surface area contributed by atoms with Crippen molar-refractivity contribution in [1.82, 2.24) is 20.1 Å². The first-order valence-electron chi connectivity index (χ1n) is 8.19. The second-order valence-corrected chi connectivity index (χ2v) is 7.00. The van der Waals surface area contributed by atoms with Crippen molar-refractivity contribution in [3.8, 4) is 0 Å². The Bertz CT molecular complexity index is 797. The highest BCUT2D eigenvalue weighted by molar-refractivity contribution is 7.99. The van der Waals surface area contributed by atoms with E-state index in [-0.39, 0.29) is 17.2 Å². The molecule has 3 rings (SSSR count). The Labute approximate surface area is 150 Å². The Morgan fingerprint density at radius 1 is 1.12 bits per heavy atom. The number of amides is 1. The quantitative estimate of drug-likeness (QED) is 0.827. The molecule has 1 amide bonds. The summed E-state index contributed by atoms with van der Waals surface area (Å²) in [4.78, 5) is 30.6. The van der Waals surface area contributed by atoms with Gasteiger partial charge in [-0.25, -0.2) is 0 Å². The first kappa shape index (κ1) is 17.5. The molecule has 1 fully saturated rings. The van der Waals surface area contributed by atoms with E-state index in [1.807, 2.05) is 4.90 Å². The third-order valence-corrected chi connectivity index (χ3v) is 5.05. The van der Waals surface area contributed by atoms with Gasteiger partial charge in [-0.1, -0.05) is 29.5 Å². The molecule has 0 saturated carbocycles. The molecule has 1 aromatic heterocycles. The van der Waals surface area contributed by atoms with E-state index in [0.29, 0.717) is 23.9 Å². The number of carbonyl (C=O) groups excluding carboxylic acids is 1. The Kier molecular flexibility index (Phi) is 5.37. The number of anilines is 1. The van der Waals surface area contributed by atoms with Gasteiger partial charge in [0.2, 0.25) is 5.91 Å². The van der Waals surface area contributed by atoms with Crippen molar-refractivity contribution in [2.24, 2.45) is 0 Å². The molecule has 0 radical (unpaired) electrons. The molecule has 2 heterocycles. The maximum atomic E-state index is 12.4. The molecule has 0 aliphatic carbocycles. The SMILES string of the molecule is Cc1ccc(N2CCN(C(=O)CSc3nnc(C)c(=O)[nH]3)CC2)cc1. The number of aromatic nitrogens is 3. The van der Waals surface area contributed by atoms with Gasteiger partial charge in [0.05, 0.1) is 5.75 Å².